The van der Waals surface area contributed by atoms with Gasteiger partial charge in [0.1, 0.15) is 11.6 Å². The molecule has 0 bridgehead atoms. The Labute approximate surface area is 184 Å². The van der Waals surface area contributed by atoms with Crippen LogP contribution in [0.4, 0.5) is 29.0 Å². The summed E-state index contributed by atoms with van der Waals surface area (Å²) in [6.07, 6.45) is 4.94. The monoisotopic (exact) mass is 425 g/mol. The highest BCUT2D eigenvalue weighted by Crippen LogP contribution is 2.34. The first-order valence-corrected chi connectivity index (χ1v) is 10.7. The summed E-state index contributed by atoms with van der Waals surface area (Å²) in [6.45, 7) is 0. The average Bonchev–Trinajstić information content (AvgIpc) is 3.56. The summed E-state index contributed by atoms with van der Waals surface area (Å²) in [4.78, 5) is 21.1. The molecule has 159 valence electrons. The number of rotatable bonds is 5. The Kier molecular flexibility index (Phi) is 4.38. The molecule has 9 heteroatoms. The van der Waals surface area contributed by atoms with Crippen molar-refractivity contribution in [2.24, 2.45) is 0 Å². The largest absolute Gasteiger partial charge is 0.325 e. The summed E-state index contributed by atoms with van der Waals surface area (Å²) >= 11 is 0. The molecule has 1 saturated carbocycles. The number of aromatic nitrogens is 4. The number of amides is 1. The Bertz CT molecular complexity index is 1320. The summed E-state index contributed by atoms with van der Waals surface area (Å²) in [5, 5.41) is 15.2. The van der Waals surface area contributed by atoms with Crippen LogP contribution < -0.4 is 21.5 Å². The molecule has 1 amide bonds. The first-order valence-electron chi connectivity index (χ1n) is 10.7. The van der Waals surface area contributed by atoms with Crippen molar-refractivity contribution < 1.29 is 4.79 Å². The summed E-state index contributed by atoms with van der Waals surface area (Å²) in [7, 11) is 0. The number of carbonyl (C=O) groups is 1. The van der Waals surface area contributed by atoms with Crippen molar-refractivity contribution in [2.75, 3.05) is 16.1 Å². The number of para-hydroxylation sites is 1. The first-order chi connectivity index (χ1) is 15.7. The molecule has 0 spiro atoms. The molecule has 0 unspecified atom stereocenters. The van der Waals surface area contributed by atoms with E-state index >= 15 is 0 Å². The van der Waals surface area contributed by atoms with E-state index in [4.69, 9.17) is 4.98 Å². The maximum Gasteiger partial charge on any atom is 0.295 e. The standard InChI is InChI=1S/C23H21N8O/c32-22-16-10-9-14(11-19(16)29-31-22)24-23-25-17-8-4-3-7-15(17)21(27-23)26-20-12-18(28-30-20)13-5-1-2-6-13/h3-4,7-13,29H,1-2,5-6H2,(H3,24,25,26,27,28,30). The maximum atomic E-state index is 11.7. The van der Waals surface area contributed by atoms with Gasteiger partial charge in [-0.25, -0.2) is 4.98 Å². The van der Waals surface area contributed by atoms with Gasteiger partial charge in [0, 0.05) is 23.1 Å². The number of benzene rings is 2. The van der Waals surface area contributed by atoms with Crippen LogP contribution in [-0.4, -0.2) is 26.1 Å². The van der Waals surface area contributed by atoms with E-state index in [-0.39, 0.29) is 5.91 Å². The Hall–Kier alpha value is -4.14. The maximum absolute atomic E-state index is 11.7. The first kappa shape index (κ1) is 18.6. The van der Waals surface area contributed by atoms with Crippen LogP contribution in [0.5, 0.6) is 0 Å². The van der Waals surface area contributed by atoms with Crippen LogP contribution in [0.3, 0.4) is 0 Å². The molecule has 3 heterocycles. The van der Waals surface area contributed by atoms with Crippen molar-refractivity contribution in [2.45, 2.75) is 31.6 Å². The number of hydrogen-bond donors (Lipinski definition) is 4. The van der Waals surface area contributed by atoms with Crippen LogP contribution in [0, 0.1) is 0 Å². The van der Waals surface area contributed by atoms with Crippen molar-refractivity contribution in [1.29, 1.82) is 0 Å². The molecule has 32 heavy (non-hydrogen) atoms. The fourth-order valence-electron chi connectivity index (χ4n) is 4.39. The van der Waals surface area contributed by atoms with Gasteiger partial charge in [0.2, 0.25) is 5.95 Å². The fraction of sp³-hybridized carbons (Fsp3) is 0.217. The Morgan fingerprint density at radius 2 is 1.84 bits per heavy atom. The van der Waals surface area contributed by atoms with Gasteiger partial charge in [0.25, 0.3) is 5.91 Å². The van der Waals surface area contributed by atoms with E-state index in [1.165, 1.54) is 25.7 Å². The van der Waals surface area contributed by atoms with E-state index < -0.39 is 0 Å². The summed E-state index contributed by atoms with van der Waals surface area (Å²) in [6, 6.07) is 15.3. The number of nitrogens with zero attached hydrogens (tertiary/aromatic N) is 4. The number of nitrogens with one attached hydrogen (secondary N) is 4. The van der Waals surface area contributed by atoms with Gasteiger partial charge in [-0.2, -0.15) is 10.1 Å². The van der Waals surface area contributed by atoms with E-state index in [0.29, 0.717) is 28.9 Å². The second kappa shape index (κ2) is 7.52. The molecular formula is C23H21N8O. The minimum absolute atomic E-state index is 0.267. The van der Waals surface area contributed by atoms with E-state index in [9.17, 15) is 4.79 Å². The van der Waals surface area contributed by atoms with E-state index in [1.807, 2.05) is 36.4 Å². The van der Waals surface area contributed by atoms with Crippen LogP contribution >= 0.6 is 0 Å². The number of hydrogen-bond acceptors (Lipinski definition) is 7. The molecule has 1 fully saturated rings. The van der Waals surface area contributed by atoms with Crippen LogP contribution in [-0.2, 0) is 0 Å². The molecule has 9 nitrogen and oxygen atoms in total. The molecule has 1 radical (unpaired) electrons. The van der Waals surface area contributed by atoms with E-state index in [1.54, 1.807) is 6.07 Å². The molecule has 2 aromatic heterocycles. The van der Waals surface area contributed by atoms with Gasteiger partial charge in [0.05, 0.1) is 22.5 Å². The van der Waals surface area contributed by atoms with Crippen LogP contribution in [0.15, 0.2) is 48.5 Å². The number of anilines is 5. The van der Waals surface area contributed by atoms with Crippen molar-refractivity contribution in [3.8, 4) is 0 Å². The van der Waals surface area contributed by atoms with Crippen LogP contribution in [0.2, 0.25) is 0 Å². The molecule has 0 atom stereocenters. The molecule has 2 aromatic carbocycles. The van der Waals surface area contributed by atoms with Gasteiger partial charge in [-0.3, -0.25) is 15.3 Å². The zero-order valence-electron chi connectivity index (χ0n) is 17.2. The third-order valence-corrected chi connectivity index (χ3v) is 6.01. The zero-order chi connectivity index (χ0) is 21.5. The lowest BCUT2D eigenvalue weighted by molar-refractivity contribution is 0.0969. The molecule has 4 aromatic rings. The van der Waals surface area contributed by atoms with E-state index in [2.05, 4.69) is 42.7 Å². The van der Waals surface area contributed by atoms with Crippen molar-refractivity contribution in [3.63, 3.8) is 0 Å². The molecular weight excluding hydrogens is 404 g/mol. The van der Waals surface area contributed by atoms with Crippen molar-refractivity contribution in [3.05, 3.63) is 59.8 Å². The highest BCUT2D eigenvalue weighted by atomic mass is 16.2. The summed E-state index contributed by atoms with van der Waals surface area (Å²) < 4.78 is 0. The van der Waals surface area contributed by atoms with Gasteiger partial charge in [-0.1, -0.05) is 25.0 Å². The Morgan fingerprint density at radius 1 is 0.969 bits per heavy atom. The average molecular weight is 425 g/mol. The Morgan fingerprint density at radius 3 is 2.75 bits per heavy atom. The van der Waals surface area contributed by atoms with Crippen LogP contribution in [0.1, 0.15) is 47.7 Å². The molecule has 1 aliphatic carbocycles. The van der Waals surface area contributed by atoms with Gasteiger partial charge >= 0.3 is 0 Å². The molecule has 1 aliphatic heterocycles. The number of aromatic amines is 1. The smallest absolute Gasteiger partial charge is 0.295 e. The lowest BCUT2D eigenvalue weighted by Crippen LogP contribution is -2.10. The number of carbonyl (C=O) groups excluding carboxylic acids is 1. The topological polar surface area (TPSA) is 122 Å². The lowest BCUT2D eigenvalue weighted by atomic mass is 10.0. The minimum atomic E-state index is -0.267. The zero-order valence-corrected chi connectivity index (χ0v) is 17.2. The van der Waals surface area contributed by atoms with Crippen molar-refractivity contribution in [1.82, 2.24) is 25.6 Å². The van der Waals surface area contributed by atoms with Crippen molar-refractivity contribution >= 4 is 45.8 Å². The lowest BCUT2D eigenvalue weighted by Gasteiger charge is -2.11. The predicted octanol–water partition coefficient (Wildman–Crippen LogP) is 4.58. The second-order valence-corrected chi connectivity index (χ2v) is 8.14. The SMILES string of the molecule is O=C1[N]Nc2cc(Nc3nc(Nc4cc(C5CCCC5)n[nH]4)c4ccccc4n3)ccc21. The third-order valence-electron chi connectivity index (χ3n) is 6.01. The van der Waals surface area contributed by atoms with Crippen LogP contribution in [0.25, 0.3) is 10.9 Å². The minimum Gasteiger partial charge on any atom is -0.325 e. The Balaban J connectivity index is 1.31. The molecule has 4 N–H and O–H groups in total. The van der Waals surface area contributed by atoms with Gasteiger partial charge in [-0.05, 0) is 43.2 Å². The predicted molar refractivity (Wildman–Crippen MR) is 122 cm³/mol. The fourth-order valence-corrected chi connectivity index (χ4v) is 4.39. The third kappa shape index (κ3) is 3.37. The van der Waals surface area contributed by atoms with Gasteiger partial charge < -0.3 is 10.6 Å². The second-order valence-electron chi connectivity index (χ2n) is 8.14. The number of fused-ring (bicyclic) bond motifs is 2. The highest BCUT2D eigenvalue weighted by molar-refractivity contribution is 6.04. The highest BCUT2D eigenvalue weighted by Gasteiger charge is 2.21. The summed E-state index contributed by atoms with van der Waals surface area (Å²) in [5.41, 5.74) is 10.4. The number of H-pyrrole nitrogens is 1. The molecule has 0 saturated heterocycles. The summed E-state index contributed by atoms with van der Waals surface area (Å²) in [5.74, 6) is 2.21. The van der Waals surface area contributed by atoms with Gasteiger partial charge in [0.15, 0.2) is 0 Å². The van der Waals surface area contributed by atoms with E-state index in [0.717, 1.165) is 28.1 Å². The normalized spacial score (nSPS) is 15.4. The molecule has 2 aliphatic rings. The van der Waals surface area contributed by atoms with Gasteiger partial charge in [-0.15, -0.1) is 5.43 Å². The quantitative estimate of drug-likeness (QED) is 0.369. The molecule has 6 rings (SSSR count).